The third-order valence-corrected chi connectivity index (χ3v) is 2.95. The summed E-state index contributed by atoms with van der Waals surface area (Å²) in [7, 11) is -4.53. The minimum atomic E-state index is -4.53. The number of phosphoric acid groups is 1. The molecular formula is C6H13O6PS. The molecule has 1 saturated heterocycles. The topological polar surface area (TPSA) is 96.2 Å². The van der Waals surface area contributed by atoms with Gasteiger partial charge in [0.1, 0.15) is 0 Å². The van der Waals surface area contributed by atoms with E-state index in [1.165, 1.54) is 11.8 Å². The first kappa shape index (κ1) is 12.4. The highest BCUT2D eigenvalue weighted by molar-refractivity contribution is 7.98. The Kier molecular flexibility index (Phi) is 4.39. The van der Waals surface area contributed by atoms with Gasteiger partial charge in [0.25, 0.3) is 0 Å². The van der Waals surface area contributed by atoms with Crippen LogP contribution >= 0.6 is 19.6 Å². The van der Waals surface area contributed by atoms with Crippen molar-refractivity contribution >= 4 is 19.6 Å². The predicted octanol–water partition coefficient (Wildman–Crippen LogP) is -0.0654. The highest BCUT2D eigenvalue weighted by Gasteiger charge is 2.37. The van der Waals surface area contributed by atoms with Crippen molar-refractivity contribution in [2.24, 2.45) is 0 Å². The number of aliphatic hydroxyl groups is 1. The number of phosphoric ester groups is 1. The van der Waals surface area contributed by atoms with Gasteiger partial charge in [-0.1, -0.05) is 0 Å². The van der Waals surface area contributed by atoms with Gasteiger partial charge in [-0.15, -0.1) is 0 Å². The van der Waals surface area contributed by atoms with Gasteiger partial charge in [-0.05, 0) is 6.26 Å². The van der Waals surface area contributed by atoms with Crippen LogP contribution in [0.15, 0.2) is 0 Å². The molecule has 0 radical (unpaired) electrons. The highest BCUT2D eigenvalue weighted by atomic mass is 32.2. The van der Waals surface area contributed by atoms with Crippen molar-refractivity contribution in [3.8, 4) is 0 Å². The maximum atomic E-state index is 10.5. The van der Waals surface area contributed by atoms with Crippen molar-refractivity contribution < 1.29 is 28.7 Å². The molecular weight excluding hydrogens is 231 g/mol. The first-order chi connectivity index (χ1) is 6.42. The number of ether oxygens (including phenoxy) is 1. The zero-order valence-electron chi connectivity index (χ0n) is 7.57. The van der Waals surface area contributed by atoms with E-state index in [9.17, 15) is 9.67 Å². The number of aliphatic hydroxyl groups excluding tert-OH is 1. The van der Waals surface area contributed by atoms with E-state index in [0.717, 1.165) is 0 Å². The molecule has 1 aliphatic rings. The molecule has 0 unspecified atom stereocenters. The maximum Gasteiger partial charge on any atom is 0.471 e. The second-order valence-corrected chi connectivity index (χ2v) is 5.06. The minimum absolute atomic E-state index is 0.0936. The molecule has 1 fully saturated rings. The summed E-state index contributed by atoms with van der Waals surface area (Å²) in [6, 6.07) is 0. The lowest BCUT2D eigenvalue weighted by Crippen LogP contribution is -2.23. The van der Waals surface area contributed by atoms with Crippen LogP contribution in [-0.2, 0) is 13.8 Å². The molecule has 1 heterocycles. The maximum absolute atomic E-state index is 10.5. The Labute approximate surface area is 85.8 Å². The zero-order valence-corrected chi connectivity index (χ0v) is 9.28. The van der Waals surface area contributed by atoms with E-state index >= 15 is 0 Å². The van der Waals surface area contributed by atoms with Crippen LogP contribution in [0.4, 0.5) is 0 Å². The van der Waals surface area contributed by atoms with Crippen LogP contribution in [-0.4, -0.2) is 45.4 Å². The summed E-state index contributed by atoms with van der Waals surface area (Å²) in [4.78, 5) is 17.0. The van der Waals surface area contributed by atoms with Crippen LogP contribution in [0.2, 0.25) is 0 Å². The standard InChI is InChI=1S/C6H13O6PS/c1-14-3-5-4(7)2-6(11-5)12-13(8,9)10/h4-7H,2-3H2,1H3,(H2,8,9,10)/t4-,5+,6-/m0/s1. The van der Waals surface area contributed by atoms with Crippen LogP contribution < -0.4 is 0 Å². The molecule has 1 rings (SSSR count). The molecule has 0 aliphatic carbocycles. The van der Waals surface area contributed by atoms with Crippen LogP contribution in [0.1, 0.15) is 6.42 Å². The highest BCUT2D eigenvalue weighted by Crippen LogP contribution is 2.41. The Morgan fingerprint density at radius 2 is 2.29 bits per heavy atom. The fourth-order valence-electron chi connectivity index (χ4n) is 1.23. The number of hydrogen-bond donors (Lipinski definition) is 3. The Morgan fingerprint density at radius 1 is 1.64 bits per heavy atom. The van der Waals surface area contributed by atoms with Crippen LogP contribution in [0.5, 0.6) is 0 Å². The fourth-order valence-corrected chi connectivity index (χ4v) is 2.30. The first-order valence-corrected chi connectivity index (χ1v) is 6.91. The van der Waals surface area contributed by atoms with Gasteiger partial charge in [-0.3, -0.25) is 4.52 Å². The number of hydrogen-bond acceptors (Lipinski definition) is 5. The van der Waals surface area contributed by atoms with Gasteiger partial charge in [0, 0.05) is 12.2 Å². The molecule has 0 saturated carbocycles. The summed E-state index contributed by atoms with van der Waals surface area (Å²) < 4.78 is 19.9. The van der Waals surface area contributed by atoms with Crippen LogP contribution in [0.3, 0.4) is 0 Å². The third kappa shape index (κ3) is 3.86. The lowest BCUT2D eigenvalue weighted by Gasteiger charge is -2.13. The largest absolute Gasteiger partial charge is 0.471 e. The van der Waals surface area contributed by atoms with Crippen LogP contribution in [0.25, 0.3) is 0 Å². The summed E-state index contributed by atoms with van der Waals surface area (Å²) in [5, 5.41) is 9.42. The van der Waals surface area contributed by atoms with E-state index in [1.54, 1.807) is 0 Å². The summed E-state index contributed by atoms with van der Waals surface area (Å²) in [5.41, 5.74) is 0. The summed E-state index contributed by atoms with van der Waals surface area (Å²) in [6.45, 7) is 0. The molecule has 3 atom stereocenters. The smallest absolute Gasteiger partial charge is 0.390 e. The van der Waals surface area contributed by atoms with Gasteiger partial charge >= 0.3 is 7.82 Å². The van der Waals surface area contributed by atoms with Gasteiger partial charge in [-0.2, -0.15) is 11.8 Å². The van der Waals surface area contributed by atoms with Gasteiger partial charge in [0.2, 0.25) is 0 Å². The summed E-state index contributed by atoms with van der Waals surface area (Å²) >= 11 is 1.49. The average Bonchev–Trinajstić information content (AvgIpc) is 2.28. The summed E-state index contributed by atoms with van der Waals surface area (Å²) in [5.74, 6) is 0.572. The molecule has 0 bridgehead atoms. The Morgan fingerprint density at radius 3 is 2.79 bits per heavy atom. The van der Waals surface area contributed by atoms with E-state index in [2.05, 4.69) is 4.52 Å². The lowest BCUT2D eigenvalue weighted by molar-refractivity contribution is -0.0821. The molecule has 0 amide bonds. The van der Waals surface area contributed by atoms with Gasteiger partial charge in [0.05, 0.1) is 12.2 Å². The van der Waals surface area contributed by atoms with E-state index in [0.29, 0.717) is 5.75 Å². The van der Waals surface area contributed by atoms with Crippen molar-refractivity contribution in [1.29, 1.82) is 0 Å². The Balaban J connectivity index is 2.42. The first-order valence-electron chi connectivity index (χ1n) is 3.99. The molecule has 3 N–H and O–H groups in total. The summed E-state index contributed by atoms with van der Waals surface area (Å²) in [6.07, 6.45) is -0.202. The molecule has 0 aromatic rings. The van der Waals surface area contributed by atoms with Crippen LogP contribution in [0, 0.1) is 0 Å². The second-order valence-electron chi connectivity index (χ2n) is 2.96. The molecule has 14 heavy (non-hydrogen) atoms. The molecule has 6 nitrogen and oxygen atoms in total. The molecule has 84 valence electrons. The zero-order chi connectivity index (χ0) is 10.8. The monoisotopic (exact) mass is 244 g/mol. The van der Waals surface area contributed by atoms with Crippen molar-refractivity contribution in [3.05, 3.63) is 0 Å². The van der Waals surface area contributed by atoms with Crippen molar-refractivity contribution in [1.82, 2.24) is 0 Å². The van der Waals surface area contributed by atoms with E-state index in [-0.39, 0.29) is 6.42 Å². The molecule has 0 aromatic heterocycles. The van der Waals surface area contributed by atoms with E-state index in [1.807, 2.05) is 6.26 Å². The van der Waals surface area contributed by atoms with Gasteiger partial charge in [-0.25, -0.2) is 4.57 Å². The fraction of sp³-hybridized carbons (Fsp3) is 1.00. The van der Waals surface area contributed by atoms with Crippen molar-refractivity contribution in [2.75, 3.05) is 12.0 Å². The molecule has 1 aliphatic heterocycles. The average molecular weight is 244 g/mol. The SMILES string of the molecule is CSC[C@H]1O[C@@H](OP(=O)(O)O)C[C@@H]1O. The number of rotatable bonds is 4. The van der Waals surface area contributed by atoms with Crippen molar-refractivity contribution in [2.45, 2.75) is 24.9 Å². The van der Waals surface area contributed by atoms with E-state index < -0.39 is 26.3 Å². The Hall–Kier alpha value is 0.380. The normalized spacial score (nSPS) is 33.6. The van der Waals surface area contributed by atoms with Gasteiger partial charge < -0.3 is 19.6 Å². The number of thioether (sulfide) groups is 1. The lowest BCUT2D eigenvalue weighted by atomic mass is 10.2. The molecule has 8 heteroatoms. The predicted molar refractivity (Wildman–Crippen MR) is 50.8 cm³/mol. The van der Waals surface area contributed by atoms with E-state index in [4.69, 9.17) is 14.5 Å². The van der Waals surface area contributed by atoms with Gasteiger partial charge in [0.15, 0.2) is 6.29 Å². The Bertz CT molecular complexity index is 230. The minimum Gasteiger partial charge on any atom is -0.390 e. The second kappa shape index (κ2) is 4.94. The molecule has 0 spiro atoms. The van der Waals surface area contributed by atoms with Crippen molar-refractivity contribution in [3.63, 3.8) is 0 Å². The molecule has 0 aromatic carbocycles. The third-order valence-electron chi connectivity index (χ3n) is 1.78. The quantitative estimate of drug-likeness (QED) is 0.596.